The molecule has 7 heteroatoms. The Morgan fingerprint density at radius 3 is 1.98 bits per heavy atom. The van der Waals surface area contributed by atoms with Gasteiger partial charge in [-0.25, -0.2) is 0 Å². The summed E-state index contributed by atoms with van der Waals surface area (Å²) >= 11 is 0. The molecule has 292 valence electrons. The molecule has 0 aliphatic heterocycles. The van der Waals surface area contributed by atoms with E-state index in [4.69, 9.17) is 18.0 Å². The van der Waals surface area contributed by atoms with Crippen molar-refractivity contribution in [2.24, 2.45) is 22.7 Å². The Balaban J connectivity index is 1.52. The Kier molecular flexibility index (Phi) is 12.9. The standard InChI is InChI=1S/C44H80O4Si3/c1-18-51(19-2,20-3)48-42(10,11)27-21-29-45-32-34-23-25-37-36-24-22-33-30-35(46-49(14,15)40(4,5)6)31-39(47-50(16,17)41(7,8)9)44(33,13)38(36)26-28-43(34,37)12/h21-24,27,35,37-39H,18-20,25-26,28-32H2,1-17H3/t35-,37+,38+,39+,43-,44+/m1/s1. The first-order chi connectivity index (χ1) is 23.3. The summed E-state index contributed by atoms with van der Waals surface area (Å²) in [5, 5.41) is 0.351. The van der Waals surface area contributed by atoms with E-state index in [2.05, 4.69) is 147 Å². The average Bonchev–Trinajstić information content (AvgIpc) is 3.35. The first-order valence-electron chi connectivity index (χ1n) is 20.7. The molecule has 0 unspecified atom stereocenters. The highest BCUT2D eigenvalue weighted by molar-refractivity contribution is 6.74. The third kappa shape index (κ3) is 8.65. The summed E-state index contributed by atoms with van der Waals surface area (Å²) in [6.45, 7) is 41.8. The summed E-state index contributed by atoms with van der Waals surface area (Å²) in [5.74, 6) is 1.06. The highest BCUT2D eigenvalue weighted by Gasteiger charge is 2.59. The fourth-order valence-electron chi connectivity index (χ4n) is 9.42. The lowest BCUT2D eigenvalue weighted by Gasteiger charge is -2.59. The van der Waals surface area contributed by atoms with Crippen LogP contribution in [0.15, 0.2) is 47.1 Å². The summed E-state index contributed by atoms with van der Waals surface area (Å²) in [4.78, 5) is 0. The summed E-state index contributed by atoms with van der Waals surface area (Å²) in [6, 6.07) is 3.52. The lowest BCUT2D eigenvalue weighted by Crippen LogP contribution is -2.58. The molecule has 51 heavy (non-hydrogen) atoms. The maximum atomic E-state index is 7.56. The van der Waals surface area contributed by atoms with E-state index in [0.717, 1.165) is 25.9 Å². The van der Waals surface area contributed by atoms with E-state index in [1.807, 2.05) is 0 Å². The zero-order valence-electron chi connectivity index (χ0n) is 36.4. The van der Waals surface area contributed by atoms with E-state index in [0.29, 0.717) is 18.4 Å². The Labute approximate surface area is 319 Å². The Bertz CT molecular complexity index is 1350. The molecule has 0 saturated heterocycles. The smallest absolute Gasteiger partial charge is 0.193 e. The molecule has 6 atom stereocenters. The van der Waals surface area contributed by atoms with Gasteiger partial charge in [-0.3, -0.25) is 0 Å². The van der Waals surface area contributed by atoms with Crippen molar-refractivity contribution in [3.8, 4) is 0 Å². The monoisotopic (exact) mass is 757 g/mol. The van der Waals surface area contributed by atoms with Gasteiger partial charge in [0, 0.05) is 5.41 Å². The van der Waals surface area contributed by atoms with Crippen LogP contribution in [0, 0.1) is 22.7 Å². The molecule has 0 amide bonds. The Morgan fingerprint density at radius 1 is 0.824 bits per heavy atom. The molecule has 0 spiro atoms. The van der Waals surface area contributed by atoms with Crippen LogP contribution < -0.4 is 0 Å². The molecule has 4 rings (SSSR count). The van der Waals surface area contributed by atoms with Crippen molar-refractivity contribution >= 4 is 25.0 Å². The van der Waals surface area contributed by atoms with Crippen molar-refractivity contribution in [3.63, 3.8) is 0 Å². The largest absolute Gasteiger partial charge is 0.414 e. The minimum absolute atomic E-state index is 0.000912. The van der Waals surface area contributed by atoms with E-state index in [1.165, 1.54) is 36.5 Å². The van der Waals surface area contributed by atoms with Crippen LogP contribution in [0.3, 0.4) is 0 Å². The lowest BCUT2D eigenvalue weighted by atomic mass is 9.50. The third-order valence-corrected chi connectivity index (χ3v) is 29.1. The minimum Gasteiger partial charge on any atom is -0.414 e. The molecule has 0 aromatic carbocycles. The molecular weight excluding hydrogens is 677 g/mol. The molecule has 0 aromatic rings. The first-order valence-corrected chi connectivity index (χ1v) is 29.1. The van der Waals surface area contributed by atoms with Crippen molar-refractivity contribution in [2.75, 3.05) is 13.2 Å². The van der Waals surface area contributed by atoms with Gasteiger partial charge in [-0.2, -0.15) is 0 Å². The second-order valence-corrected chi connectivity index (χ2v) is 35.0. The molecular formula is C44H80O4Si3. The molecule has 0 N–H and O–H groups in total. The van der Waals surface area contributed by atoms with E-state index in [9.17, 15) is 0 Å². The van der Waals surface area contributed by atoms with Crippen molar-refractivity contribution < 1.29 is 18.0 Å². The molecule has 2 saturated carbocycles. The van der Waals surface area contributed by atoms with Gasteiger partial charge in [-0.05, 0) is 123 Å². The van der Waals surface area contributed by atoms with E-state index in [-0.39, 0.29) is 38.7 Å². The summed E-state index contributed by atoms with van der Waals surface area (Å²) in [7, 11) is -5.62. The quantitative estimate of drug-likeness (QED) is 0.100. The van der Waals surface area contributed by atoms with Gasteiger partial charge in [0.25, 0.3) is 0 Å². The van der Waals surface area contributed by atoms with Crippen molar-refractivity contribution in [1.29, 1.82) is 0 Å². The number of fused-ring (bicyclic) bond motifs is 5. The van der Waals surface area contributed by atoms with E-state index >= 15 is 0 Å². The molecule has 0 aromatic heterocycles. The van der Waals surface area contributed by atoms with Crippen LogP contribution in [0.1, 0.15) is 122 Å². The maximum Gasteiger partial charge on any atom is 0.193 e. The molecule has 0 bridgehead atoms. The lowest BCUT2D eigenvalue weighted by molar-refractivity contribution is -0.0391. The number of hydrogen-bond acceptors (Lipinski definition) is 4. The van der Waals surface area contributed by atoms with Gasteiger partial charge < -0.3 is 18.0 Å². The van der Waals surface area contributed by atoms with E-state index < -0.39 is 25.0 Å². The topological polar surface area (TPSA) is 36.9 Å². The van der Waals surface area contributed by atoms with Gasteiger partial charge in [0.2, 0.25) is 0 Å². The molecule has 4 aliphatic carbocycles. The van der Waals surface area contributed by atoms with Crippen LogP contribution in [-0.2, 0) is 18.0 Å². The molecule has 0 radical (unpaired) electrons. The van der Waals surface area contributed by atoms with Gasteiger partial charge in [0.1, 0.15) is 0 Å². The average molecular weight is 757 g/mol. The van der Waals surface area contributed by atoms with Crippen LogP contribution in [0.4, 0.5) is 0 Å². The SMILES string of the molecule is CC[Si](CC)(CC)OC(C)(C)C=CCOCC1=CC[C@H]2C3=CC=C4C[C@@H](O[Si](C)(C)C(C)(C)C)C[C@H](O[Si](C)(C)C(C)(C)C)[C@]4(C)[C@H]3CC[C@]12C. The predicted molar refractivity (Wildman–Crippen MR) is 227 cm³/mol. The molecule has 4 nitrogen and oxygen atoms in total. The second kappa shape index (κ2) is 15.2. The second-order valence-electron chi connectivity index (χ2n) is 20.8. The predicted octanol–water partition coefficient (Wildman–Crippen LogP) is 13.2. The molecule has 2 fully saturated rings. The van der Waals surface area contributed by atoms with Gasteiger partial charge in [0.15, 0.2) is 25.0 Å². The molecule has 0 heterocycles. The minimum atomic E-state index is -2.03. The van der Waals surface area contributed by atoms with Crippen LogP contribution in [0.2, 0.25) is 54.4 Å². The fourth-order valence-corrected chi connectivity index (χ4v) is 15.3. The van der Waals surface area contributed by atoms with Gasteiger partial charge in [-0.1, -0.05) is 118 Å². The highest BCUT2D eigenvalue weighted by Crippen LogP contribution is 2.64. The van der Waals surface area contributed by atoms with Crippen LogP contribution >= 0.6 is 0 Å². The van der Waals surface area contributed by atoms with Crippen LogP contribution in [0.25, 0.3) is 0 Å². The zero-order chi connectivity index (χ0) is 38.5. The van der Waals surface area contributed by atoms with Crippen molar-refractivity contribution in [1.82, 2.24) is 0 Å². The summed E-state index contributed by atoms with van der Waals surface area (Å²) in [5.41, 5.74) is 4.65. The number of hydrogen-bond donors (Lipinski definition) is 0. The van der Waals surface area contributed by atoms with Gasteiger partial charge >= 0.3 is 0 Å². The van der Waals surface area contributed by atoms with E-state index in [1.54, 1.807) is 11.1 Å². The first kappa shape index (κ1) is 43.2. The normalized spacial score (nSPS) is 30.8. The van der Waals surface area contributed by atoms with Gasteiger partial charge in [0.05, 0.1) is 31.0 Å². The van der Waals surface area contributed by atoms with Crippen LogP contribution in [0.5, 0.6) is 0 Å². The third-order valence-electron chi connectivity index (χ3n) is 15.3. The molecule has 4 aliphatic rings. The fraction of sp³-hybridized carbons (Fsp3) is 0.818. The summed E-state index contributed by atoms with van der Waals surface area (Å²) < 4.78 is 27.9. The Morgan fingerprint density at radius 2 is 1.41 bits per heavy atom. The number of ether oxygens (including phenoxy) is 1. The number of rotatable bonds is 14. The maximum absolute atomic E-state index is 7.56. The van der Waals surface area contributed by atoms with Crippen molar-refractivity contribution in [3.05, 3.63) is 47.1 Å². The zero-order valence-corrected chi connectivity index (χ0v) is 39.4. The van der Waals surface area contributed by atoms with Crippen molar-refractivity contribution in [2.45, 2.75) is 194 Å². The summed E-state index contributed by atoms with van der Waals surface area (Å²) in [6.07, 6.45) is 18.0. The highest BCUT2D eigenvalue weighted by atomic mass is 28.4. The van der Waals surface area contributed by atoms with Crippen LogP contribution in [-0.4, -0.2) is 56.0 Å². The Hall–Kier alpha value is -0.549. The van der Waals surface area contributed by atoms with Gasteiger partial charge in [-0.15, -0.1) is 0 Å². The number of allylic oxidation sites excluding steroid dienone is 4.